The van der Waals surface area contributed by atoms with Gasteiger partial charge in [-0.1, -0.05) is 422 Å². The normalized spacial score (nSPS) is 12.7. The fourth-order valence-electron chi connectivity index (χ4n) is 13.5. The first kappa shape index (κ1) is 91.8. The van der Waals surface area contributed by atoms with Crippen LogP contribution < -0.4 is 5.32 Å². The Bertz CT molecular complexity index is 1570. The Hall–Kier alpha value is -2.18. The zero-order valence-electron chi connectivity index (χ0n) is 63.7. The molecule has 6 nitrogen and oxygen atoms in total. The van der Waals surface area contributed by atoms with Crippen LogP contribution in [0.3, 0.4) is 0 Å². The zero-order chi connectivity index (χ0) is 67.7. The lowest BCUT2D eigenvalue weighted by atomic mass is 10.0. The quantitative estimate of drug-likeness (QED) is 0.0320. The molecule has 1 amide bonds. The van der Waals surface area contributed by atoms with Gasteiger partial charge in [0.15, 0.2) is 0 Å². The number of aliphatic hydroxyl groups excluding tert-OH is 2. The summed E-state index contributed by atoms with van der Waals surface area (Å²) in [6.45, 7) is 4.95. The van der Waals surface area contributed by atoms with Gasteiger partial charge in [-0.2, -0.15) is 0 Å². The number of esters is 1. The molecule has 2 unspecified atom stereocenters. The molecule has 0 aliphatic rings. The summed E-state index contributed by atoms with van der Waals surface area (Å²) in [6.07, 6.45) is 111. The minimum Gasteiger partial charge on any atom is -0.466 e. The highest BCUT2D eigenvalue weighted by atomic mass is 16.5. The Labute approximate surface area is 588 Å². The Morgan fingerprint density at radius 1 is 0.298 bits per heavy atom. The van der Waals surface area contributed by atoms with Crippen molar-refractivity contribution in [3.05, 3.63) is 48.6 Å². The highest BCUT2D eigenvalue weighted by Gasteiger charge is 2.18. The van der Waals surface area contributed by atoms with Crippen LogP contribution in [0.1, 0.15) is 476 Å². The second kappa shape index (κ2) is 83.2. The van der Waals surface area contributed by atoms with E-state index in [0.717, 1.165) is 51.4 Å². The molecule has 0 aromatic carbocycles. The Kier molecular flexibility index (Phi) is 81.3. The van der Waals surface area contributed by atoms with Gasteiger partial charge in [0.2, 0.25) is 5.91 Å². The molecule has 94 heavy (non-hydrogen) atoms. The molecule has 0 aliphatic carbocycles. The number of allylic oxidation sites excluding steroid dienone is 7. The number of nitrogens with one attached hydrogen (secondary N) is 1. The van der Waals surface area contributed by atoms with Crippen LogP contribution >= 0.6 is 0 Å². The average Bonchev–Trinajstić information content (AvgIpc) is 3.65. The second-order valence-corrected chi connectivity index (χ2v) is 29.5. The van der Waals surface area contributed by atoms with E-state index in [-0.39, 0.29) is 18.5 Å². The van der Waals surface area contributed by atoms with E-state index >= 15 is 0 Å². The molecule has 0 aromatic rings. The molecule has 0 heterocycles. The van der Waals surface area contributed by atoms with Gasteiger partial charge in [-0.25, -0.2) is 0 Å². The lowest BCUT2D eigenvalue weighted by molar-refractivity contribution is -0.143. The summed E-state index contributed by atoms with van der Waals surface area (Å²) in [6, 6.07) is -0.628. The predicted octanol–water partition coefficient (Wildman–Crippen LogP) is 28.7. The first-order valence-electron chi connectivity index (χ1n) is 42.9. The molecule has 2 atom stereocenters. The number of carbonyl (C=O) groups excluding carboxylic acids is 2. The fraction of sp³-hybridized carbons (Fsp3) is 0.886. The second-order valence-electron chi connectivity index (χ2n) is 29.5. The number of carbonyl (C=O) groups is 2. The molecule has 0 saturated carbocycles. The molecule has 0 saturated heterocycles. The molecule has 0 aliphatic heterocycles. The van der Waals surface area contributed by atoms with Crippen molar-refractivity contribution in [2.45, 2.75) is 488 Å². The minimum absolute atomic E-state index is 0.0164. The topological polar surface area (TPSA) is 95.9 Å². The van der Waals surface area contributed by atoms with Crippen LogP contribution in [0.5, 0.6) is 0 Å². The average molecular weight is 1320 g/mol. The molecule has 0 spiro atoms. The molecule has 0 rings (SSSR count). The number of unbranched alkanes of at least 4 members (excludes halogenated alkanes) is 64. The van der Waals surface area contributed by atoms with E-state index < -0.39 is 12.1 Å². The van der Waals surface area contributed by atoms with Crippen molar-refractivity contribution < 1.29 is 24.5 Å². The Morgan fingerprint density at radius 2 is 0.532 bits per heavy atom. The van der Waals surface area contributed by atoms with Crippen molar-refractivity contribution in [3.8, 4) is 0 Å². The van der Waals surface area contributed by atoms with Gasteiger partial charge in [-0.3, -0.25) is 9.59 Å². The van der Waals surface area contributed by atoms with Gasteiger partial charge < -0.3 is 20.3 Å². The van der Waals surface area contributed by atoms with Gasteiger partial charge in [0.05, 0.1) is 25.4 Å². The zero-order valence-corrected chi connectivity index (χ0v) is 63.7. The number of amides is 1. The summed E-state index contributed by atoms with van der Waals surface area (Å²) in [5.74, 6) is -0.0441. The van der Waals surface area contributed by atoms with Crippen LogP contribution in [0.4, 0.5) is 0 Å². The number of aliphatic hydroxyl groups is 2. The maximum Gasteiger partial charge on any atom is 0.305 e. The molecule has 6 heteroatoms. The van der Waals surface area contributed by atoms with Crippen LogP contribution in [0.15, 0.2) is 48.6 Å². The van der Waals surface area contributed by atoms with Gasteiger partial charge in [0, 0.05) is 12.8 Å². The third-order valence-electron chi connectivity index (χ3n) is 20.1. The molecule has 0 radical (unpaired) electrons. The van der Waals surface area contributed by atoms with Crippen molar-refractivity contribution in [1.82, 2.24) is 5.32 Å². The van der Waals surface area contributed by atoms with E-state index in [1.165, 1.54) is 398 Å². The number of ether oxygens (including phenoxy) is 1. The summed E-state index contributed by atoms with van der Waals surface area (Å²) < 4.78 is 5.51. The first-order valence-corrected chi connectivity index (χ1v) is 42.9. The van der Waals surface area contributed by atoms with Gasteiger partial charge in [0.25, 0.3) is 0 Å². The van der Waals surface area contributed by atoms with Gasteiger partial charge in [-0.15, -0.1) is 0 Å². The minimum atomic E-state index is -0.845. The first-order chi connectivity index (χ1) is 46.5. The van der Waals surface area contributed by atoms with E-state index in [0.29, 0.717) is 19.4 Å². The SMILES string of the molecule is CCCCCCCCC/C=C\CCCCCCCCCC(=O)OCCCCCCCCCCCCCCC/C=C\C/C=C\CCCCCCCCCCCCCCCCCCCC(=O)NC(CO)C(O)/C=C/CCCCCCCCCCCCCCCCCCCCCC. The largest absolute Gasteiger partial charge is 0.466 e. The number of hydrogen-bond donors (Lipinski definition) is 3. The maximum atomic E-state index is 12.6. The smallest absolute Gasteiger partial charge is 0.305 e. The highest BCUT2D eigenvalue weighted by Crippen LogP contribution is 2.20. The van der Waals surface area contributed by atoms with E-state index in [9.17, 15) is 19.8 Å². The standard InChI is InChI=1S/C88H167NO5/c1-3-5-7-9-11-13-15-17-19-21-23-24-42-45-48-52-56-60-64-68-72-76-80-86(91)85(84-90)89-87(92)81-77-73-69-65-61-57-53-49-46-43-40-38-36-34-32-30-28-26-25-27-29-31-33-35-37-39-41-44-47-51-55-59-63-67-71-75-79-83-94-88(93)82-78-74-70-66-62-58-54-50-22-20-18-16-14-12-10-8-6-4-2/h20,22,25,27,31,33,76,80,85-86,90-91H,3-19,21,23-24,26,28-30,32,34-75,77-79,81-84H2,1-2H3,(H,89,92)/b22-20-,27-25-,33-31-,80-76+. The van der Waals surface area contributed by atoms with E-state index in [4.69, 9.17) is 4.74 Å². The highest BCUT2D eigenvalue weighted by molar-refractivity contribution is 5.76. The van der Waals surface area contributed by atoms with E-state index in [2.05, 4.69) is 55.6 Å². The molecule has 0 aromatic heterocycles. The predicted molar refractivity (Wildman–Crippen MR) is 416 cm³/mol. The lowest BCUT2D eigenvalue weighted by Crippen LogP contribution is -2.45. The third-order valence-corrected chi connectivity index (χ3v) is 20.1. The molecule has 554 valence electrons. The summed E-state index contributed by atoms with van der Waals surface area (Å²) in [7, 11) is 0. The van der Waals surface area contributed by atoms with E-state index in [1.807, 2.05) is 6.08 Å². The van der Waals surface area contributed by atoms with Crippen LogP contribution in [-0.4, -0.2) is 47.4 Å². The Balaban J connectivity index is 3.38. The molecule has 0 bridgehead atoms. The number of rotatable bonds is 81. The summed E-state index contributed by atoms with van der Waals surface area (Å²) in [5, 5.41) is 23.3. The molecule has 0 fully saturated rings. The van der Waals surface area contributed by atoms with Crippen LogP contribution in [0.25, 0.3) is 0 Å². The van der Waals surface area contributed by atoms with Gasteiger partial charge in [0.1, 0.15) is 0 Å². The maximum absolute atomic E-state index is 12.6. The van der Waals surface area contributed by atoms with Crippen LogP contribution in [0.2, 0.25) is 0 Å². The third kappa shape index (κ3) is 78.8. The van der Waals surface area contributed by atoms with Gasteiger partial charge in [-0.05, 0) is 89.9 Å². The molecular formula is C88H167NO5. The van der Waals surface area contributed by atoms with Crippen LogP contribution in [0, 0.1) is 0 Å². The van der Waals surface area contributed by atoms with E-state index in [1.54, 1.807) is 6.08 Å². The van der Waals surface area contributed by atoms with Crippen molar-refractivity contribution in [3.63, 3.8) is 0 Å². The van der Waals surface area contributed by atoms with Crippen molar-refractivity contribution in [1.29, 1.82) is 0 Å². The molecule has 3 N–H and O–H groups in total. The fourth-order valence-corrected chi connectivity index (χ4v) is 13.5. The van der Waals surface area contributed by atoms with Crippen molar-refractivity contribution >= 4 is 11.9 Å². The monoisotopic (exact) mass is 1320 g/mol. The summed E-state index contributed by atoms with van der Waals surface area (Å²) in [5.41, 5.74) is 0. The summed E-state index contributed by atoms with van der Waals surface area (Å²) >= 11 is 0. The van der Waals surface area contributed by atoms with Crippen molar-refractivity contribution in [2.75, 3.05) is 13.2 Å². The lowest BCUT2D eigenvalue weighted by Gasteiger charge is -2.20. The van der Waals surface area contributed by atoms with Crippen molar-refractivity contribution in [2.24, 2.45) is 0 Å². The Morgan fingerprint density at radius 3 is 0.819 bits per heavy atom. The molecular weight excluding hydrogens is 1150 g/mol. The van der Waals surface area contributed by atoms with Gasteiger partial charge >= 0.3 is 5.97 Å². The number of hydrogen-bond acceptors (Lipinski definition) is 5. The summed E-state index contributed by atoms with van der Waals surface area (Å²) in [4.78, 5) is 24.7. The van der Waals surface area contributed by atoms with Crippen LogP contribution in [-0.2, 0) is 14.3 Å².